The Balaban J connectivity index is 1.39. The molecule has 2 aliphatic rings. The Morgan fingerprint density at radius 1 is 1.07 bits per heavy atom. The van der Waals surface area contributed by atoms with E-state index in [1.807, 2.05) is 31.3 Å². The number of alkyl carbamates (subject to hydrolysis) is 1. The number of hydrogen-bond donors (Lipinski definition) is 2. The molecule has 2 aromatic carbocycles. The molecule has 1 aliphatic heterocycles. The third kappa shape index (κ3) is 3.72. The first-order chi connectivity index (χ1) is 14.0. The summed E-state index contributed by atoms with van der Waals surface area (Å²) < 4.78 is 5.52. The number of carbonyl (C=O) groups is 2. The number of piperidine rings is 1. The number of fused-ring (bicyclic) bond motifs is 3. The van der Waals surface area contributed by atoms with Crippen molar-refractivity contribution in [2.45, 2.75) is 18.8 Å². The van der Waals surface area contributed by atoms with Crippen molar-refractivity contribution in [2.24, 2.45) is 5.41 Å². The van der Waals surface area contributed by atoms with Gasteiger partial charge in [0.1, 0.15) is 6.61 Å². The maximum absolute atomic E-state index is 12.4. The second kappa shape index (κ2) is 7.87. The van der Waals surface area contributed by atoms with Gasteiger partial charge >= 0.3 is 12.1 Å². The quantitative estimate of drug-likeness (QED) is 0.813. The van der Waals surface area contributed by atoms with Gasteiger partial charge in [0.2, 0.25) is 0 Å². The van der Waals surface area contributed by atoms with Gasteiger partial charge in [-0.3, -0.25) is 4.79 Å². The highest BCUT2D eigenvalue weighted by Crippen LogP contribution is 2.44. The standard InChI is InChI=1S/C23H26N2O4/c1-25-12-10-23(11-13-25,21(26)27)15-24-22(28)29-14-20-18-8-4-2-6-16(18)17-7-3-5-9-19(17)20/h2-9,20H,10-15H2,1H3,(H,24,28)(H,26,27). The van der Waals surface area contributed by atoms with Crippen LogP contribution in [0, 0.1) is 5.41 Å². The van der Waals surface area contributed by atoms with Crippen molar-refractivity contribution >= 4 is 12.1 Å². The molecular weight excluding hydrogens is 368 g/mol. The molecule has 0 saturated carbocycles. The summed E-state index contributed by atoms with van der Waals surface area (Å²) in [5.74, 6) is -0.866. The van der Waals surface area contributed by atoms with Crippen molar-refractivity contribution in [3.05, 3.63) is 59.7 Å². The van der Waals surface area contributed by atoms with Crippen LogP contribution in [0.4, 0.5) is 4.79 Å². The van der Waals surface area contributed by atoms with Crippen LogP contribution in [-0.4, -0.2) is 55.4 Å². The molecule has 6 nitrogen and oxygen atoms in total. The Bertz CT molecular complexity index is 873. The van der Waals surface area contributed by atoms with Crippen LogP contribution in [0.3, 0.4) is 0 Å². The maximum atomic E-state index is 12.4. The van der Waals surface area contributed by atoms with Gasteiger partial charge in [-0.1, -0.05) is 48.5 Å². The second-order valence-electron chi connectivity index (χ2n) is 8.07. The van der Waals surface area contributed by atoms with E-state index in [-0.39, 0.29) is 19.1 Å². The highest BCUT2D eigenvalue weighted by molar-refractivity contribution is 5.79. The number of benzene rings is 2. The lowest BCUT2D eigenvalue weighted by molar-refractivity contribution is -0.151. The molecule has 1 amide bonds. The highest BCUT2D eigenvalue weighted by Gasteiger charge is 2.41. The summed E-state index contributed by atoms with van der Waals surface area (Å²) in [6, 6.07) is 16.3. The summed E-state index contributed by atoms with van der Waals surface area (Å²) in [5.41, 5.74) is 3.73. The van der Waals surface area contributed by atoms with Crippen LogP contribution in [0.5, 0.6) is 0 Å². The fourth-order valence-electron chi connectivity index (χ4n) is 4.40. The first kappa shape index (κ1) is 19.5. The molecule has 6 heteroatoms. The van der Waals surface area contributed by atoms with E-state index >= 15 is 0 Å². The lowest BCUT2D eigenvalue weighted by atomic mass is 9.78. The van der Waals surface area contributed by atoms with E-state index in [2.05, 4.69) is 34.5 Å². The van der Waals surface area contributed by atoms with Crippen LogP contribution in [0.15, 0.2) is 48.5 Å². The van der Waals surface area contributed by atoms with Gasteiger partial charge in [-0.25, -0.2) is 4.79 Å². The average Bonchev–Trinajstić information content (AvgIpc) is 3.06. The molecule has 152 valence electrons. The van der Waals surface area contributed by atoms with E-state index in [4.69, 9.17) is 4.74 Å². The highest BCUT2D eigenvalue weighted by atomic mass is 16.5. The van der Waals surface area contributed by atoms with Gasteiger partial charge in [0.15, 0.2) is 0 Å². The molecule has 0 radical (unpaired) electrons. The predicted octanol–water partition coefficient (Wildman–Crippen LogP) is 3.32. The fraction of sp³-hybridized carbons (Fsp3) is 0.391. The molecule has 0 aromatic heterocycles. The number of carboxylic acids is 1. The largest absolute Gasteiger partial charge is 0.481 e. The van der Waals surface area contributed by atoms with E-state index in [1.165, 1.54) is 11.1 Å². The van der Waals surface area contributed by atoms with Crippen LogP contribution < -0.4 is 5.32 Å². The van der Waals surface area contributed by atoms with Crippen molar-refractivity contribution in [3.8, 4) is 11.1 Å². The topological polar surface area (TPSA) is 78.9 Å². The molecule has 2 aromatic rings. The van der Waals surface area contributed by atoms with E-state index in [1.54, 1.807) is 0 Å². The third-order valence-corrected chi connectivity index (χ3v) is 6.31. The Morgan fingerprint density at radius 3 is 2.17 bits per heavy atom. The van der Waals surface area contributed by atoms with Crippen molar-refractivity contribution in [1.29, 1.82) is 0 Å². The number of carboxylic acid groups (broad SMARTS) is 1. The molecular formula is C23H26N2O4. The van der Waals surface area contributed by atoms with Gasteiger partial charge in [0.05, 0.1) is 5.41 Å². The van der Waals surface area contributed by atoms with Crippen LogP contribution in [0.25, 0.3) is 11.1 Å². The first-order valence-corrected chi connectivity index (χ1v) is 10.0. The molecule has 2 N–H and O–H groups in total. The van der Waals surface area contributed by atoms with Gasteiger partial charge in [0.25, 0.3) is 0 Å². The SMILES string of the molecule is CN1CCC(CNC(=O)OCC2c3ccccc3-c3ccccc32)(C(=O)O)CC1. The van der Waals surface area contributed by atoms with Gasteiger partial charge in [0, 0.05) is 12.5 Å². The van der Waals surface area contributed by atoms with Gasteiger partial charge in [-0.05, 0) is 55.2 Å². The molecule has 1 fully saturated rings. The van der Waals surface area contributed by atoms with Crippen molar-refractivity contribution in [1.82, 2.24) is 10.2 Å². The number of likely N-dealkylation sites (tertiary alicyclic amines) is 1. The normalized spacial score (nSPS) is 18.0. The number of amides is 1. The van der Waals surface area contributed by atoms with E-state index < -0.39 is 17.5 Å². The van der Waals surface area contributed by atoms with E-state index in [9.17, 15) is 14.7 Å². The first-order valence-electron chi connectivity index (χ1n) is 10.0. The zero-order chi connectivity index (χ0) is 20.4. The molecule has 1 heterocycles. The van der Waals surface area contributed by atoms with Crippen molar-refractivity contribution in [3.63, 3.8) is 0 Å². The predicted molar refractivity (Wildman–Crippen MR) is 110 cm³/mol. The number of nitrogens with one attached hydrogen (secondary N) is 1. The zero-order valence-corrected chi connectivity index (χ0v) is 16.6. The number of nitrogens with zero attached hydrogens (tertiary/aromatic N) is 1. The minimum Gasteiger partial charge on any atom is -0.481 e. The van der Waals surface area contributed by atoms with Crippen LogP contribution >= 0.6 is 0 Å². The summed E-state index contributed by atoms with van der Waals surface area (Å²) in [7, 11) is 1.98. The molecule has 0 spiro atoms. The Morgan fingerprint density at radius 2 is 1.62 bits per heavy atom. The Kier molecular flexibility index (Phi) is 5.28. The monoisotopic (exact) mass is 394 g/mol. The number of ether oxygens (including phenoxy) is 1. The average molecular weight is 394 g/mol. The summed E-state index contributed by atoms with van der Waals surface area (Å²) in [6.07, 6.45) is 0.469. The second-order valence-corrected chi connectivity index (χ2v) is 8.07. The summed E-state index contributed by atoms with van der Waals surface area (Å²) in [4.78, 5) is 26.3. The van der Waals surface area contributed by atoms with E-state index in [0.717, 1.165) is 11.1 Å². The van der Waals surface area contributed by atoms with Crippen molar-refractivity contribution in [2.75, 3.05) is 33.3 Å². The molecule has 0 bridgehead atoms. The molecule has 4 rings (SSSR count). The van der Waals surface area contributed by atoms with Crippen LogP contribution in [0.2, 0.25) is 0 Å². The molecule has 1 aliphatic carbocycles. The minimum absolute atomic E-state index is 0.00934. The minimum atomic E-state index is -0.919. The van der Waals surface area contributed by atoms with E-state index in [0.29, 0.717) is 25.9 Å². The lowest BCUT2D eigenvalue weighted by Gasteiger charge is -2.37. The molecule has 1 saturated heterocycles. The molecule has 0 atom stereocenters. The Hall–Kier alpha value is -2.86. The van der Waals surface area contributed by atoms with Crippen LogP contribution in [0.1, 0.15) is 29.9 Å². The van der Waals surface area contributed by atoms with Gasteiger partial charge in [-0.2, -0.15) is 0 Å². The third-order valence-electron chi connectivity index (χ3n) is 6.31. The maximum Gasteiger partial charge on any atom is 0.407 e. The number of carbonyl (C=O) groups excluding carboxylic acids is 1. The smallest absolute Gasteiger partial charge is 0.407 e. The fourth-order valence-corrected chi connectivity index (χ4v) is 4.40. The summed E-state index contributed by atoms with van der Waals surface area (Å²) in [5, 5.41) is 12.4. The van der Waals surface area contributed by atoms with Crippen molar-refractivity contribution < 1.29 is 19.4 Å². The molecule has 29 heavy (non-hydrogen) atoms. The van der Waals surface area contributed by atoms with Crippen LogP contribution in [-0.2, 0) is 9.53 Å². The summed E-state index contributed by atoms with van der Waals surface area (Å²) >= 11 is 0. The summed E-state index contributed by atoms with van der Waals surface area (Å²) in [6.45, 7) is 1.73. The lowest BCUT2D eigenvalue weighted by Crippen LogP contribution is -2.49. The van der Waals surface area contributed by atoms with Gasteiger partial charge in [-0.15, -0.1) is 0 Å². The van der Waals surface area contributed by atoms with Gasteiger partial charge < -0.3 is 20.1 Å². The number of rotatable bonds is 5. The Labute approximate surface area is 170 Å². The number of aliphatic carboxylic acids is 1. The molecule has 0 unspecified atom stereocenters. The zero-order valence-electron chi connectivity index (χ0n) is 16.6. The number of hydrogen-bond acceptors (Lipinski definition) is 4.